The molecule has 2 aliphatic rings. The van der Waals surface area contributed by atoms with Crippen LogP contribution in [0, 0.1) is 0 Å². The van der Waals surface area contributed by atoms with E-state index in [0.717, 1.165) is 30.6 Å². The molecule has 1 saturated heterocycles. The molecule has 7 nitrogen and oxygen atoms in total. The van der Waals surface area contributed by atoms with Gasteiger partial charge in [-0.15, -0.1) is 0 Å². The predicted octanol–water partition coefficient (Wildman–Crippen LogP) is 1.84. The first-order valence-corrected chi connectivity index (χ1v) is 10.1. The van der Waals surface area contributed by atoms with Crippen LogP contribution in [-0.2, 0) is 24.6 Å². The summed E-state index contributed by atoms with van der Waals surface area (Å²) in [5, 5.41) is 4.33. The van der Waals surface area contributed by atoms with Gasteiger partial charge in [-0.25, -0.2) is 0 Å². The molecule has 2 aromatic rings. The summed E-state index contributed by atoms with van der Waals surface area (Å²) in [6.07, 6.45) is 9.87. The maximum atomic E-state index is 13.5. The molecule has 0 radical (unpaired) electrons. The fourth-order valence-corrected chi connectivity index (χ4v) is 4.33. The second-order valence-corrected chi connectivity index (χ2v) is 8.10. The topological polar surface area (TPSA) is 63.5 Å². The fourth-order valence-electron chi connectivity index (χ4n) is 4.33. The Kier molecular flexibility index (Phi) is 5.46. The van der Waals surface area contributed by atoms with Crippen LogP contribution in [0.5, 0.6) is 0 Å². The first kappa shape index (κ1) is 19.1. The number of fused-ring (bicyclic) bond motifs is 1. The van der Waals surface area contributed by atoms with Crippen molar-refractivity contribution in [2.45, 2.75) is 37.8 Å². The van der Waals surface area contributed by atoms with Gasteiger partial charge in [-0.3, -0.25) is 14.5 Å². The lowest BCUT2D eigenvalue weighted by Gasteiger charge is -2.41. The van der Waals surface area contributed by atoms with Crippen molar-refractivity contribution in [3.05, 3.63) is 47.0 Å². The molecule has 4 rings (SSSR count). The van der Waals surface area contributed by atoms with E-state index in [-0.39, 0.29) is 18.1 Å². The van der Waals surface area contributed by atoms with E-state index in [0.29, 0.717) is 18.7 Å². The van der Waals surface area contributed by atoms with Crippen molar-refractivity contribution in [3.63, 3.8) is 0 Å². The van der Waals surface area contributed by atoms with E-state index in [2.05, 4.69) is 21.0 Å². The molecular formula is C21H29N5O2. The summed E-state index contributed by atoms with van der Waals surface area (Å²) in [6.45, 7) is 1.85. The van der Waals surface area contributed by atoms with Crippen LogP contribution in [0.25, 0.3) is 0 Å². The zero-order valence-corrected chi connectivity index (χ0v) is 17.0. The second kappa shape index (κ2) is 8.01. The highest BCUT2D eigenvalue weighted by Gasteiger charge is 2.38. The van der Waals surface area contributed by atoms with Gasteiger partial charge >= 0.3 is 0 Å². The van der Waals surface area contributed by atoms with Gasteiger partial charge in [-0.2, -0.15) is 5.10 Å². The molecule has 0 saturated carbocycles. The summed E-state index contributed by atoms with van der Waals surface area (Å²) in [4.78, 5) is 22.1. The minimum absolute atomic E-state index is 0.0294. The summed E-state index contributed by atoms with van der Waals surface area (Å²) in [5.74, 6) is 0.0294. The number of ether oxygens (including phenoxy) is 1. The molecule has 0 spiro atoms. The Morgan fingerprint density at radius 2 is 2.11 bits per heavy atom. The van der Waals surface area contributed by atoms with Crippen molar-refractivity contribution in [1.29, 1.82) is 0 Å². The molecule has 0 N–H and O–H groups in total. The van der Waals surface area contributed by atoms with Crippen molar-refractivity contribution in [2.24, 2.45) is 7.05 Å². The molecule has 1 fully saturated rings. The SMILES string of the molecule is CN(C)C[C@@H]1OCCN(C(=O)c2cnc3c(c2)CCCC3)[C@H]1c1cnn(C)c1. The molecule has 0 aromatic carbocycles. The maximum absolute atomic E-state index is 13.5. The molecule has 1 aliphatic carbocycles. The normalized spacial score (nSPS) is 22.4. The molecule has 0 bridgehead atoms. The number of carbonyl (C=O) groups excluding carboxylic acids is 1. The van der Waals surface area contributed by atoms with Crippen molar-refractivity contribution in [2.75, 3.05) is 33.8 Å². The largest absolute Gasteiger partial charge is 0.373 e. The highest BCUT2D eigenvalue weighted by atomic mass is 16.5. The number of likely N-dealkylation sites (N-methyl/N-ethyl adjacent to an activating group) is 1. The first-order valence-electron chi connectivity index (χ1n) is 10.1. The smallest absolute Gasteiger partial charge is 0.256 e. The summed E-state index contributed by atoms with van der Waals surface area (Å²) < 4.78 is 7.86. The molecule has 1 aliphatic heterocycles. The van der Waals surface area contributed by atoms with Gasteiger partial charge < -0.3 is 14.5 Å². The molecule has 150 valence electrons. The number of rotatable bonds is 4. The number of amides is 1. The second-order valence-electron chi connectivity index (χ2n) is 8.10. The number of hydrogen-bond donors (Lipinski definition) is 0. The molecule has 0 unspecified atom stereocenters. The number of morpholine rings is 1. The molecule has 7 heteroatoms. The van der Waals surface area contributed by atoms with E-state index < -0.39 is 0 Å². The first-order chi connectivity index (χ1) is 13.5. The van der Waals surface area contributed by atoms with Crippen LogP contribution < -0.4 is 0 Å². The number of aryl methyl sites for hydroxylation is 3. The van der Waals surface area contributed by atoms with E-state index in [9.17, 15) is 4.79 Å². The van der Waals surface area contributed by atoms with Gasteiger partial charge in [0.15, 0.2) is 0 Å². The number of carbonyl (C=O) groups is 1. The molecular weight excluding hydrogens is 354 g/mol. The maximum Gasteiger partial charge on any atom is 0.256 e. The molecule has 3 heterocycles. The van der Waals surface area contributed by atoms with Gasteiger partial charge in [0.25, 0.3) is 5.91 Å². The monoisotopic (exact) mass is 383 g/mol. The third-order valence-electron chi connectivity index (χ3n) is 5.64. The van der Waals surface area contributed by atoms with E-state index >= 15 is 0 Å². The zero-order chi connectivity index (χ0) is 19.7. The Morgan fingerprint density at radius 3 is 2.86 bits per heavy atom. The van der Waals surface area contributed by atoms with Crippen molar-refractivity contribution in [3.8, 4) is 0 Å². The third-order valence-corrected chi connectivity index (χ3v) is 5.64. The van der Waals surface area contributed by atoms with Gasteiger partial charge in [0.2, 0.25) is 0 Å². The minimum atomic E-state index is -0.159. The molecule has 28 heavy (non-hydrogen) atoms. The van der Waals surface area contributed by atoms with Crippen LogP contribution >= 0.6 is 0 Å². The van der Waals surface area contributed by atoms with Crippen LogP contribution in [0.1, 0.15) is 46.1 Å². The van der Waals surface area contributed by atoms with Crippen LogP contribution in [0.4, 0.5) is 0 Å². The Balaban J connectivity index is 1.66. The Labute approximate surface area is 166 Å². The van der Waals surface area contributed by atoms with E-state index in [1.807, 2.05) is 38.4 Å². The molecule has 2 atom stereocenters. The van der Waals surface area contributed by atoms with E-state index in [1.54, 1.807) is 10.9 Å². The third kappa shape index (κ3) is 3.82. The number of hydrogen-bond acceptors (Lipinski definition) is 5. The van der Waals surface area contributed by atoms with Gasteiger partial charge in [-0.1, -0.05) is 0 Å². The van der Waals surface area contributed by atoms with Gasteiger partial charge in [-0.05, 0) is 51.4 Å². The van der Waals surface area contributed by atoms with Crippen LogP contribution in [0.2, 0.25) is 0 Å². The average Bonchev–Trinajstić information content (AvgIpc) is 3.12. The zero-order valence-electron chi connectivity index (χ0n) is 17.0. The lowest BCUT2D eigenvalue weighted by atomic mass is 9.94. The van der Waals surface area contributed by atoms with E-state index in [1.165, 1.54) is 18.4 Å². The lowest BCUT2D eigenvalue weighted by Crippen LogP contribution is -2.51. The number of nitrogens with zero attached hydrogens (tertiary/aromatic N) is 5. The average molecular weight is 383 g/mol. The van der Waals surface area contributed by atoms with Gasteiger partial charge in [0.05, 0.1) is 30.5 Å². The highest BCUT2D eigenvalue weighted by Crippen LogP contribution is 2.31. The van der Waals surface area contributed by atoms with Gasteiger partial charge in [0.1, 0.15) is 0 Å². The Morgan fingerprint density at radius 1 is 1.29 bits per heavy atom. The number of aromatic nitrogens is 3. The summed E-state index contributed by atoms with van der Waals surface area (Å²) in [5.41, 5.74) is 4.07. The summed E-state index contributed by atoms with van der Waals surface area (Å²) >= 11 is 0. The Bertz CT molecular complexity index is 847. The quantitative estimate of drug-likeness (QED) is 0.806. The van der Waals surface area contributed by atoms with Crippen molar-refractivity contribution >= 4 is 5.91 Å². The van der Waals surface area contributed by atoms with Gasteiger partial charge in [0, 0.05) is 43.8 Å². The standard InChI is InChI=1S/C21H29N5O2/c1-24(2)14-19-20(17-12-23-25(3)13-17)26(8-9-28-19)21(27)16-10-15-6-4-5-7-18(15)22-11-16/h10-13,19-20H,4-9,14H2,1-3H3/t19-,20-/m0/s1. The minimum Gasteiger partial charge on any atom is -0.373 e. The summed E-state index contributed by atoms with van der Waals surface area (Å²) in [6, 6.07) is 1.90. The van der Waals surface area contributed by atoms with Crippen molar-refractivity contribution < 1.29 is 9.53 Å². The summed E-state index contributed by atoms with van der Waals surface area (Å²) in [7, 11) is 5.95. The Hall–Kier alpha value is -2.25. The highest BCUT2D eigenvalue weighted by molar-refractivity contribution is 5.94. The van der Waals surface area contributed by atoms with E-state index in [4.69, 9.17) is 4.74 Å². The van der Waals surface area contributed by atoms with Crippen LogP contribution in [0.3, 0.4) is 0 Å². The number of pyridine rings is 1. The molecule has 2 aromatic heterocycles. The molecule has 1 amide bonds. The predicted molar refractivity (Wildman–Crippen MR) is 106 cm³/mol. The van der Waals surface area contributed by atoms with Crippen molar-refractivity contribution in [1.82, 2.24) is 24.6 Å². The van der Waals surface area contributed by atoms with Crippen LogP contribution in [-0.4, -0.2) is 70.4 Å². The lowest BCUT2D eigenvalue weighted by molar-refractivity contribution is -0.0684. The van der Waals surface area contributed by atoms with Crippen LogP contribution in [0.15, 0.2) is 24.7 Å². The fraction of sp³-hybridized carbons (Fsp3) is 0.571.